The molecule has 0 saturated heterocycles. The Balaban J connectivity index is 1.57. The number of benzene rings is 3. The van der Waals surface area contributed by atoms with Gasteiger partial charge in [0.15, 0.2) is 5.72 Å². The second-order valence-corrected chi connectivity index (χ2v) is 9.40. The molecular formula is C31H38N2O2. The van der Waals surface area contributed by atoms with Crippen molar-refractivity contribution in [3.05, 3.63) is 96.1 Å². The quantitative estimate of drug-likeness (QED) is 0.378. The number of nitrogens with zero attached hydrogens (tertiary/aromatic N) is 1. The molecule has 4 rings (SSSR count). The summed E-state index contributed by atoms with van der Waals surface area (Å²) in [4.78, 5) is 4.92. The van der Waals surface area contributed by atoms with Crippen LogP contribution in [0.3, 0.4) is 0 Å². The summed E-state index contributed by atoms with van der Waals surface area (Å²) in [6, 6.07) is 27.2. The van der Waals surface area contributed by atoms with Gasteiger partial charge in [0.2, 0.25) is 0 Å². The van der Waals surface area contributed by atoms with Gasteiger partial charge in [0, 0.05) is 24.1 Å². The number of para-hydroxylation sites is 1. The van der Waals surface area contributed by atoms with Crippen LogP contribution in [0, 0.1) is 0 Å². The van der Waals surface area contributed by atoms with E-state index in [1.165, 1.54) is 44.9 Å². The van der Waals surface area contributed by atoms with Crippen molar-refractivity contribution in [2.75, 3.05) is 6.54 Å². The SMILES string of the molecule is OC(NC1=NCCCCCCCCCCC1)(c1ccccc1)c1ccc(Oc2ccccc2)cc1. The molecule has 0 radical (unpaired) electrons. The molecule has 1 aliphatic heterocycles. The summed E-state index contributed by atoms with van der Waals surface area (Å²) in [7, 11) is 0. The highest BCUT2D eigenvalue weighted by molar-refractivity contribution is 5.83. The van der Waals surface area contributed by atoms with Crippen molar-refractivity contribution in [3.8, 4) is 11.5 Å². The van der Waals surface area contributed by atoms with Gasteiger partial charge in [0.25, 0.3) is 0 Å². The van der Waals surface area contributed by atoms with Gasteiger partial charge >= 0.3 is 0 Å². The van der Waals surface area contributed by atoms with Crippen LogP contribution < -0.4 is 10.1 Å². The Morgan fingerprint density at radius 3 is 1.77 bits per heavy atom. The zero-order valence-corrected chi connectivity index (χ0v) is 20.7. The lowest BCUT2D eigenvalue weighted by Gasteiger charge is -2.32. The molecule has 35 heavy (non-hydrogen) atoms. The summed E-state index contributed by atoms with van der Waals surface area (Å²) in [5, 5.41) is 15.6. The molecule has 4 heteroatoms. The Bertz CT molecular complexity index is 1030. The van der Waals surface area contributed by atoms with Crippen molar-refractivity contribution >= 4 is 5.84 Å². The Morgan fingerprint density at radius 1 is 0.600 bits per heavy atom. The monoisotopic (exact) mass is 470 g/mol. The third-order valence-electron chi connectivity index (χ3n) is 6.64. The Kier molecular flexibility index (Phi) is 9.36. The van der Waals surface area contributed by atoms with Crippen molar-refractivity contribution in [1.29, 1.82) is 0 Å². The molecule has 184 valence electrons. The summed E-state index contributed by atoms with van der Waals surface area (Å²) in [5.74, 6) is 2.41. The molecule has 1 heterocycles. The van der Waals surface area contributed by atoms with Gasteiger partial charge in [0.05, 0.1) is 5.84 Å². The number of hydrogen-bond donors (Lipinski definition) is 2. The van der Waals surface area contributed by atoms with Crippen LogP contribution in [0.5, 0.6) is 11.5 Å². The van der Waals surface area contributed by atoms with Crippen LogP contribution in [-0.2, 0) is 5.72 Å². The number of aliphatic imine (C=N–C) groups is 1. The van der Waals surface area contributed by atoms with Crippen molar-refractivity contribution < 1.29 is 9.84 Å². The van der Waals surface area contributed by atoms with Gasteiger partial charge in [-0.05, 0) is 37.1 Å². The maximum absolute atomic E-state index is 12.1. The van der Waals surface area contributed by atoms with Crippen LogP contribution in [0.25, 0.3) is 0 Å². The van der Waals surface area contributed by atoms with E-state index in [1.807, 2.05) is 84.9 Å². The van der Waals surface area contributed by atoms with Crippen LogP contribution >= 0.6 is 0 Å². The molecule has 1 unspecified atom stereocenters. The molecule has 0 spiro atoms. The fourth-order valence-corrected chi connectivity index (χ4v) is 4.62. The highest BCUT2D eigenvalue weighted by Gasteiger charge is 2.32. The van der Waals surface area contributed by atoms with Crippen molar-refractivity contribution in [3.63, 3.8) is 0 Å². The third kappa shape index (κ3) is 7.43. The zero-order valence-electron chi connectivity index (χ0n) is 20.7. The summed E-state index contributed by atoms with van der Waals surface area (Å²) in [6.07, 6.45) is 12.0. The minimum atomic E-state index is -1.38. The normalized spacial score (nSPS) is 17.6. The van der Waals surface area contributed by atoms with E-state index in [9.17, 15) is 5.11 Å². The molecule has 0 amide bonds. The van der Waals surface area contributed by atoms with E-state index in [1.54, 1.807) is 0 Å². The Hall–Kier alpha value is -3.11. The fraction of sp³-hybridized carbons (Fsp3) is 0.387. The van der Waals surface area contributed by atoms with Crippen LogP contribution in [0.1, 0.15) is 75.3 Å². The van der Waals surface area contributed by atoms with Gasteiger partial charge in [-0.2, -0.15) is 0 Å². The van der Waals surface area contributed by atoms with Gasteiger partial charge in [-0.1, -0.05) is 106 Å². The van der Waals surface area contributed by atoms with Gasteiger partial charge < -0.3 is 15.2 Å². The first-order valence-corrected chi connectivity index (χ1v) is 13.2. The number of aliphatic hydroxyl groups is 1. The van der Waals surface area contributed by atoms with Gasteiger partial charge in [-0.15, -0.1) is 0 Å². The fourth-order valence-electron chi connectivity index (χ4n) is 4.62. The lowest BCUT2D eigenvalue weighted by Crippen LogP contribution is -2.47. The molecule has 3 aromatic rings. The van der Waals surface area contributed by atoms with Crippen molar-refractivity contribution in [1.82, 2.24) is 5.32 Å². The molecule has 4 nitrogen and oxygen atoms in total. The van der Waals surface area contributed by atoms with E-state index in [2.05, 4.69) is 5.32 Å². The lowest BCUT2D eigenvalue weighted by atomic mass is 9.93. The molecule has 1 aliphatic rings. The Labute approximate surface area is 210 Å². The molecule has 1 atom stereocenters. The lowest BCUT2D eigenvalue weighted by molar-refractivity contribution is 0.0638. The molecule has 0 aliphatic carbocycles. The average Bonchev–Trinajstić information content (AvgIpc) is 2.92. The summed E-state index contributed by atoms with van der Waals surface area (Å²) >= 11 is 0. The number of amidine groups is 1. The minimum absolute atomic E-state index is 0.731. The smallest absolute Gasteiger partial charge is 0.189 e. The number of nitrogens with one attached hydrogen (secondary N) is 1. The van der Waals surface area contributed by atoms with Crippen LogP contribution in [0.4, 0.5) is 0 Å². The van der Waals surface area contributed by atoms with Gasteiger partial charge in [-0.25, -0.2) is 0 Å². The van der Waals surface area contributed by atoms with Crippen LogP contribution in [0.2, 0.25) is 0 Å². The predicted octanol–water partition coefficient (Wildman–Crippen LogP) is 7.58. The minimum Gasteiger partial charge on any atom is -0.457 e. The van der Waals surface area contributed by atoms with Crippen LogP contribution in [0.15, 0.2) is 89.9 Å². The molecule has 0 fully saturated rings. The number of hydrogen-bond acceptors (Lipinski definition) is 4. The largest absolute Gasteiger partial charge is 0.457 e. The van der Waals surface area contributed by atoms with Gasteiger partial charge in [-0.3, -0.25) is 4.99 Å². The molecular weight excluding hydrogens is 432 g/mol. The first-order chi connectivity index (χ1) is 17.2. The first-order valence-electron chi connectivity index (χ1n) is 13.2. The maximum Gasteiger partial charge on any atom is 0.189 e. The first kappa shape index (κ1) is 25.0. The highest BCUT2D eigenvalue weighted by atomic mass is 16.5. The third-order valence-corrected chi connectivity index (χ3v) is 6.64. The van der Waals surface area contributed by atoms with E-state index in [0.717, 1.165) is 54.3 Å². The molecule has 0 saturated carbocycles. The second kappa shape index (κ2) is 13.1. The van der Waals surface area contributed by atoms with Crippen molar-refractivity contribution in [2.45, 2.75) is 69.9 Å². The second-order valence-electron chi connectivity index (χ2n) is 9.40. The summed E-state index contributed by atoms with van der Waals surface area (Å²) in [5.41, 5.74) is 0.177. The van der Waals surface area contributed by atoms with Crippen LogP contribution in [-0.4, -0.2) is 17.5 Å². The molecule has 0 aromatic heterocycles. The molecule has 2 N–H and O–H groups in total. The average molecular weight is 471 g/mol. The highest BCUT2D eigenvalue weighted by Crippen LogP contribution is 2.30. The number of rotatable bonds is 5. The topological polar surface area (TPSA) is 53.8 Å². The van der Waals surface area contributed by atoms with E-state index in [0.29, 0.717) is 0 Å². The van der Waals surface area contributed by atoms with E-state index in [-0.39, 0.29) is 0 Å². The van der Waals surface area contributed by atoms with Crippen molar-refractivity contribution in [2.24, 2.45) is 4.99 Å². The molecule has 3 aromatic carbocycles. The zero-order chi connectivity index (χ0) is 24.2. The predicted molar refractivity (Wildman–Crippen MR) is 144 cm³/mol. The summed E-state index contributed by atoms with van der Waals surface area (Å²) < 4.78 is 5.96. The maximum atomic E-state index is 12.1. The standard InChI is InChI=1S/C31H38N2O2/c34-31(26-16-10-8-11-17-26,27-21-23-29(24-22-27)35-28-18-12-9-13-19-28)33-30-20-14-6-4-2-1-3-5-7-15-25-32-30/h8-13,16-19,21-24,34H,1-7,14-15,20,25H2,(H,32,33). The molecule has 0 bridgehead atoms. The summed E-state index contributed by atoms with van der Waals surface area (Å²) in [6.45, 7) is 0.803. The van der Waals surface area contributed by atoms with E-state index >= 15 is 0 Å². The van der Waals surface area contributed by atoms with E-state index in [4.69, 9.17) is 9.73 Å². The van der Waals surface area contributed by atoms with Gasteiger partial charge in [0.1, 0.15) is 11.5 Å². The Morgan fingerprint density at radius 2 is 1.11 bits per heavy atom. The number of ether oxygens (including phenoxy) is 1. The van der Waals surface area contributed by atoms with E-state index < -0.39 is 5.72 Å².